The van der Waals surface area contributed by atoms with Gasteiger partial charge in [0.05, 0.1) is 55.6 Å². The van der Waals surface area contributed by atoms with Gasteiger partial charge >= 0.3 is 11.3 Å². The van der Waals surface area contributed by atoms with Crippen LogP contribution in [-0.2, 0) is 32.4 Å². The molecule has 19 heteroatoms. The molecule has 2 aromatic carbocycles. The largest absolute Gasteiger partial charge is 0.627 e. The van der Waals surface area contributed by atoms with Crippen molar-refractivity contribution in [1.29, 1.82) is 0 Å². The molecule has 2 saturated heterocycles. The molecule has 0 aliphatic carbocycles. The molecule has 2 N–H and O–H groups in total. The zero-order chi connectivity index (χ0) is 38.5. The SMILES string of the molecule is CC(=O)NCn1cc(-c2ccc(N3CCOCC3)c(F)c2)c(=O)o1.CC(=O)NCn1cc(-c2ccc([N+]3([O-])CCOCC3)c(F)c2)c(=O)o1.CCPP. The number of hydrogen-bond acceptors (Lipinski definition) is 10. The van der Waals surface area contributed by atoms with Crippen LogP contribution in [0.5, 0.6) is 0 Å². The van der Waals surface area contributed by atoms with Crippen molar-refractivity contribution in [3.05, 3.63) is 86.5 Å². The summed E-state index contributed by atoms with van der Waals surface area (Å²) in [6, 6.07) is 8.72. The maximum absolute atomic E-state index is 14.5. The predicted molar refractivity (Wildman–Crippen MR) is 202 cm³/mol. The van der Waals surface area contributed by atoms with Gasteiger partial charge in [-0.25, -0.2) is 18.4 Å². The maximum atomic E-state index is 14.5. The van der Waals surface area contributed by atoms with Crippen molar-refractivity contribution >= 4 is 40.4 Å². The summed E-state index contributed by atoms with van der Waals surface area (Å²) in [5.41, 5.74) is 0.395. The summed E-state index contributed by atoms with van der Waals surface area (Å²) < 4.78 is 50.9. The second kappa shape index (κ2) is 19.7. The molecule has 2 aromatic heterocycles. The first kappa shape index (κ1) is 41.5. The molecule has 0 spiro atoms. The van der Waals surface area contributed by atoms with Crippen LogP contribution in [0.25, 0.3) is 22.3 Å². The maximum Gasteiger partial charge on any atom is 0.365 e. The van der Waals surface area contributed by atoms with Crippen LogP contribution in [-0.4, -0.2) is 80.1 Å². The summed E-state index contributed by atoms with van der Waals surface area (Å²) in [5.74, 6) is -1.59. The van der Waals surface area contributed by atoms with E-state index in [1.54, 1.807) is 12.1 Å². The van der Waals surface area contributed by atoms with E-state index in [1.165, 1.54) is 55.3 Å². The molecule has 6 rings (SSSR count). The van der Waals surface area contributed by atoms with E-state index in [9.17, 15) is 33.2 Å². The second-order valence-corrected chi connectivity index (χ2v) is 14.2. The van der Waals surface area contributed by atoms with Crippen LogP contribution in [0.15, 0.2) is 67.4 Å². The topological polar surface area (TPSA) is 173 Å². The van der Waals surface area contributed by atoms with Gasteiger partial charge in [-0.2, -0.15) is 9.48 Å². The average Bonchev–Trinajstić information content (AvgIpc) is 3.71. The number of benzene rings is 2. The lowest BCUT2D eigenvalue weighted by Gasteiger charge is -2.44. The number of quaternary nitrogens is 1. The molecule has 0 saturated carbocycles. The van der Waals surface area contributed by atoms with Crippen LogP contribution in [0.3, 0.4) is 0 Å². The average molecular weight is 781 g/mol. The van der Waals surface area contributed by atoms with Crippen LogP contribution in [0, 0.1) is 16.8 Å². The van der Waals surface area contributed by atoms with Crippen molar-refractivity contribution in [3.63, 3.8) is 0 Å². The lowest BCUT2D eigenvalue weighted by molar-refractivity contribution is -0.120. The van der Waals surface area contributed by atoms with E-state index < -0.39 is 27.5 Å². The number of halogens is 2. The van der Waals surface area contributed by atoms with E-state index in [2.05, 4.69) is 26.5 Å². The number of anilines is 1. The summed E-state index contributed by atoms with van der Waals surface area (Å²) in [6.07, 6.45) is 4.13. The third-order valence-corrected chi connectivity index (χ3v) is 9.69. The van der Waals surface area contributed by atoms with Crippen molar-refractivity contribution < 1.29 is 36.9 Å². The normalized spacial score (nSPS) is 15.3. The molecule has 2 amide bonds. The quantitative estimate of drug-likeness (QED) is 0.145. The van der Waals surface area contributed by atoms with Gasteiger partial charge in [0.2, 0.25) is 11.8 Å². The summed E-state index contributed by atoms with van der Waals surface area (Å²) in [6.45, 7) is 8.14. The molecule has 53 heavy (non-hydrogen) atoms. The number of nitrogens with one attached hydrogen (secondary N) is 2. The number of aromatic nitrogens is 2. The summed E-state index contributed by atoms with van der Waals surface area (Å²) >= 11 is 0. The van der Waals surface area contributed by atoms with Crippen LogP contribution >= 0.6 is 17.2 Å². The molecule has 2 atom stereocenters. The number of hydrogen-bond donors (Lipinski definition) is 2. The van der Waals surface area contributed by atoms with Gasteiger partial charge in [-0.1, -0.05) is 13.0 Å². The van der Waals surface area contributed by atoms with E-state index in [0.717, 1.165) is 19.1 Å². The lowest BCUT2D eigenvalue weighted by Crippen LogP contribution is -2.52. The standard InChI is InChI=1S/C16H18FN3O5.C16H18FN3O4.C2H8P2/c1-11(21)18-10-19-9-13(16(22)25-19)12-2-3-15(14(17)8-12)20(23)4-6-24-7-5-20;1-11(21)18-10-20-9-13(16(22)24-20)12-2-3-15(14(17)8-12)19-4-6-23-7-5-19;1-2-4-3/h2-3,8-9H,4-7,10H2,1H3,(H,18,21);2-3,8-9H,4-7,10H2,1H3,(H,18,21);4H,2-3H2,1H3. The highest BCUT2D eigenvalue weighted by Gasteiger charge is 2.28. The van der Waals surface area contributed by atoms with Crippen LogP contribution in [0.2, 0.25) is 0 Å². The molecule has 4 aromatic rings. The Labute approximate surface area is 308 Å². The first-order valence-corrected chi connectivity index (χ1v) is 19.8. The number of hydroxylamine groups is 2. The molecule has 288 valence electrons. The number of amides is 2. The van der Waals surface area contributed by atoms with Crippen molar-refractivity contribution in [2.75, 3.05) is 63.7 Å². The highest BCUT2D eigenvalue weighted by atomic mass is 32.0. The number of carbonyl (C=O) groups is 2. The van der Waals surface area contributed by atoms with Gasteiger partial charge in [-0.15, -0.1) is 17.2 Å². The Morgan fingerprint density at radius 3 is 1.75 bits per heavy atom. The molecular weight excluding hydrogens is 736 g/mol. The number of rotatable bonds is 9. The van der Waals surface area contributed by atoms with Gasteiger partial charge in [0.25, 0.3) is 0 Å². The Balaban J connectivity index is 0.000000215. The van der Waals surface area contributed by atoms with E-state index >= 15 is 0 Å². The van der Waals surface area contributed by atoms with Crippen LogP contribution in [0.4, 0.5) is 20.2 Å². The smallest absolute Gasteiger partial charge is 0.365 e. The van der Waals surface area contributed by atoms with Gasteiger partial charge in [-0.3, -0.25) is 9.59 Å². The summed E-state index contributed by atoms with van der Waals surface area (Å²) in [5, 5.41) is 17.7. The Bertz CT molecular complexity index is 1950. The fraction of sp³-hybridized carbons (Fsp3) is 0.412. The van der Waals surface area contributed by atoms with Gasteiger partial charge < -0.3 is 43.9 Å². The van der Waals surface area contributed by atoms with Gasteiger partial charge in [0, 0.05) is 33.0 Å². The van der Waals surface area contributed by atoms with E-state index in [4.69, 9.17) is 18.5 Å². The van der Waals surface area contributed by atoms with Crippen molar-refractivity contribution in [3.8, 4) is 22.3 Å². The fourth-order valence-corrected chi connectivity index (χ4v) is 5.30. The van der Waals surface area contributed by atoms with Gasteiger partial charge in [-0.05, 0) is 41.6 Å². The Hall–Kier alpha value is -4.24. The van der Waals surface area contributed by atoms with E-state index in [0.29, 0.717) is 43.1 Å². The minimum Gasteiger partial charge on any atom is -0.627 e. The van der Waals surface area contributed by atoms with Crippen molar-refractivity contribution in [2.45, 2.75) is 34.1 Å². The monoisotopic (exact) mass is 780 g/mol. The Morgan fingerprint density at radius 1 is 0.830 bits per heavy atom. The number of nitrogens with zero attached hydrogens (tertiary/aromatic N) is 4. The first-order valence-electron chi connectivity index (χ1n) is 16.8. The number of carbonyl (C=O) groups excluding carboxylic acids is 2. The Morgan fingerprint density at radius 2 is 1.30 bits per heavy atom. The second-order valence-electron chi connectivity index (χ2n) is 11.9. The number of ether oxygens (including phenoxy) is 2. The molecule has 2 fully saturated rings. The molecule has 2 unspecified atom stereocenters. The highest BCUT2D eigenvalue weighted by Crippen LogP contribution is 2.30. The van der Waals surface area contributed by atoms with Crippen LogP contribution in [0.1, 0.15) is 20.8 Å². The molecule has 15 nitrogen and oxygen atoms in total. The first-order chi connectivity index (χ1) is 25.3. The predicted octanol–water partition coefficient (Wildman–Crippen LogP) is 3.83. The zero-order valence-electron chi connectivity index (χ0n) is 29.7. The minimum atomic E-state index is -0.787. The number of morpholine rings is 2. The molecule has 0 bridgehead atoms. The fourth-order valence-electron chi connectivity index (χ4n) is 5.30. The third kappa shape index (κ3) is 11.6. The summed E-state index contributed by atoms with van der Waals surface area (Å²) in [7, 11) is 3.74. The lowest BCUT2D eigenvalue weighted by atomic mass is 10.1. The van der Waals surface area contributed by atoms with Crippen molar-refractivity contribution in [2.24, 2.45) is 0 Å². The summed E-state index contributed by atoms with van der Waals surface area (Å²) in [4.78, 5) is 47.6. The highest BCUT2D eigenvalue weighted by molar-refractivity contribution is 8.02. The zero-order valence-corrected chi connectivity index (χ0v) is 31.8. The molecule has 4 heterocycles. The van der Waals surface area contributed by atoms with Gasteiger partial charge in [0.15, 0.2) is 11.5 Å². The van der Waals surface area contributed by atoms with Crippen molar-refractivity contribution in [1.82, 2.24) is 24.8 Å². The Kier molecular flexibility index (Phi) is 15.5. The van der Waals surface area contributed by atoms with E-state index in [1.807, 2.05) is 4.90 Å². The molecule has 0 radical (unpaired) electrons. The molecular formula is C34H44F2N6O9P2. The van der Waals surface area contributed by atoms with E-state index in [-0.39, 0.29) is 68.3 Å². The molecule has 2 aliphatic heterocycles. The molecule has 2 aliphatic rings. The third-order valence-electron chi connectivity index (χ3n) is 8.06. The van der Waals surface area contributed by atoms with Crippen LogP contribution < -0.4 is 31.4 Å². The van der Waals surface area contributed by atoms with Gasteiger partial charge in [0.1, 0.15) is 32.2 Å². The minimum absolute atomic E-state index is 0.00824.